The summed E-state index contributed by atoms with van der Waals surface area (Å²) in [6, 6.07) is 7.08. The van der Waals surface area contributed by atoms with Gasteiger partial charge in [-0.3, -0.25) is 10.1 Å². The Morgan fingerprint density at radius 3 is 2.78 bits per heavy atom. The van der Waals surface area contributed by atoms with E-state index < -0.39 is 4.92 Å². The zero-order valence-corrected chi connectivity index (χ0v) is 9.79. The molecule has 92 valence electrons. The summed E-state index contributed by atoms with van der Waals surface area (Å²) in [6.45, 7) is 0. The largest absolute Gasteiger partial charge is 0.450 e. The minimum Gasteiger partial charge on any atom is -0.450 e. The molecule has 0 unspecified atom stereocenters. The summed E-state index contributed by atoms with van der Waals surface area (Å²) >= 11 is 5.78. The van der Waals surface area contributed by atoms with Gasteiger partial charge < -0.3 is 10.5 Å². The number of pyridine rings is 1. The van der Waals surface area contributed by atoms with Crippen molar-refractivity contribution in [2.75, 3.05) is 5.73 Å². The lowest BCUT2D eigenvalue weighted by molar-refractivity contribution is -0.385. The number of halogens is 1. The highest BCUT2D eigenvalue weighted by Gasteiger charge is 2.16. The van der Waals surface area contributed by atoms with Crippen LogP contribution >= 0.6 is 11.6 Å². The molecule has 1 heterocycles. The third-order valence-electron chi connectivity index (χ3n) is 2.10. The maximum Gasteiger partial charge on any atom is 0.311 e. The number of nitrogens with two attached hydrogens (primary N) is 1. The number of rotatable bonds is 3. The van der Waals surface area contributed by atoms with Crippen molar-refractivity contribution in [2.24, 2.45) is 0 Å². The number of nitrogen functional groups attached to an aromatic ring is 1. The van der Waals surface area contributed by atoms with Crippen molar-refractivity contribution in [3.8, 4) is 11.5 Å². The predicted octanol–water partition coefficient (Wildman–Crippen LogP) is 3.02. The molecule has 0 saturated carbocycles. The Morgan fingerprint density at radius 2 is 2.11 bits per heavy atom. The first-order valence-corrected chi connectivity index (χ1v) is 5.27. The zero-order chi connectivity index (χ0) is 13.1. The zero-order valence-electron chi connectivity index (χ0n) is 9.04. The second-order valence-electron chi connectivity index (χ2n) is 3.39. The van der Waals surface area contributed by atoms with Crippen molar-refractivity contribution in [1.29, 1.82) is 0 Å². The van der Waals surface area contributed by atoms with Gasteiger partial charge in [0, 0.05) is 29.4 Å². The normalized spacial score (nSPS) is 10.1. The van der Waals surface area contributed by atoms with E-state index in [4.69, 9.17) is 22.1 Å². The first-order chi connectivity index (χ1) is 8.56. The fourth-order valence-corrected chi connectivity index (χ4v) is 1.50. The minimum atomic E-state index is -0.545. The van der Waals surface area contributed by atoms with E-state index in [1.165, 1.54) is 30.5 Å². The van der Waals surface area contributed by atoms with Gasteiger partial charge in [-0.15, -0.1) is 0 Å². The van der Waals surface area contributed by atoms with Crippen LogP contribution in [0.5, 0.6) is 11.5 Å². The number of nitro benzene ring substituents is 1. The topological polar surface area (TPSA) is 91.3 Å². The van der Waals surface area contributed by atoms with Gasteiger partial charge >= 0.3 is 5.69 Å². The van der Waals surface area contributed by atoms with Crippen LogP contribution in [0.3, 0.4) is 0 Å². The van der Waals surface area contributed by atoms with Crippen LogP contribution in [0.2, 0.25) is 5.02 Å². The molecule has 0 radical (unpaired) electrons. The Bertz CT molecular complexity index is 604. The Kier molecular flexibility index (Phi) is 3.29. The van der Waals surface area contributed by atoms with Gasteiger partial charge in [-0.2, -0.15) is 0 Å². The highest BCUT2D eigenvalue weighted by atomic mass is 35.5. The summed E-state index contributed by atoms with van der Waals surface area (Å²) in [5, 5.41) is 11.2. The monoisotopic (exact) mass is 265 g/mol. The molecule has 0 bridgehead atoms. The van der Waals surface area contributed by atoms with Crippen molar-refractivity contribution in [1.82, 2.24) is 4.98 Å². The Balaban J connectivity index is 2.39. The fraction of sp³-hybridized carbons (Fsp3) is 0. The molecule has 0 fully saturated rings. The molecule has 2 aromatic rings. The smallest absolute Gasteiger partial charge is 0.311 e. The second kappa shape index (κ2) is 4.89. The number of hydrogen-bond acceptors (Lipinski definition) is 5. The van der Waals surface area contributed by atoms with Crippen LogP contribution in [0.15, 0.2) is 36.5 Å². The van der Waals surface area contributed by atoms with Crippen LogP contribution in [0.25, 0.3) is 0 Å². The molecular formula is C11H8ClN3O3. The van der Waals surface area contributed by atoms with Crippen LogP contribution < -0.4 is 10.5 Å². The number of hydrogen-bond donors (Lipinski definition) is 1. The molecule has 2 rings (SSSR count). The molecule has 2 N–H and O–H groups in total. The summed E-state index contributed by atoms with van der Waals surface area (Å²) < 4.78 is 5.39. The molecule has 0 spiro atoms. The highest BCUT2D eigenvalue weighted by Crippen LogP contribution is 2.33. The molecular weight excluding hydrogens is 258 g/mol. The Hall–Kier alpha value is -2.34. The van der Waals surface area contributed by atoms with E-state index in [1.807, 2.05) is 0 Å². The number of ether oxygens (including phenoxy) is 1. The third-order valence-corrected chi connectivity index (χ3v) is 2.33. The highest BCUT2D eigenvalue weighted by molar-refractivity contribution is 6.30. The van der Waals surface area contributed by atoms with Crippen LogP contribution in [0.4, 0.5) is 11.5 Å². The lowest BCUT2D eigenvalue weighted by Gasteiger charge is -2.06. The lowest BCUT2D eigenvalue weighted by atomic mass is 10.3. The molecule has 0 aliphatic carbocycles. The van der Waals surface area contributed by atoms with Gasteiger partial charge in [-0.1, -0.05) is 11.6 Å². The molecule has 0 aliphatic heterocycles. The SMILES string of the molecule is Nc1cc(Oc2cc(Cl)ccc2[N+](=O)[O-])ccn1. The predicted molar refractivity (Wildman–Crippen MR) is 66.8 cm³/mol. The quantitative estimate of drug-likeness (QED) is 0.680. The van der Waals surface area contributed by atoms with Crippen molar-refractivity contribution in [3.63, 3.8) is 0 Å². The second-order valence-corrected chi connectivity index (χ2v) is 3.82. The summed E-state index contributed by atoms with van der Waals surface area (Å²) in [7, 11) is 0. The van der Waals surface area contributed by atoms with Crippen LogP contribution in [-0.2, 0) is 0 Å². The number of benzene rings is 1. The van der Waals surface area contributed by atoms with E-state index in [2.05, 4.69) is 4.98 Å². The third kappa shape index (κ3) is 2.67. The van der Waals surface area contributed by atoms with E-state index in [0.717, 1.165) is 0 Å². The minimum absolute atomic E-state index is 0.0538. The Labute approximate surface area is 107 Å². The van der Waals surface area contributed by atoms with Crippen molar-refractivity contribution < 1.29 is 9.66 Å². The van der Waals surface area contributed by atoms with Gasteiger partial charge in [0.25, 0.3) is 0 Å². The van der Waals surface area contributed by atoms with Crippen molar-refractivity contribution in [3.05, 3.63) is 51.7 Å². The van der Waals surface area contributed by atoms with Crippen LogP contribution in [-0.4, -0.2) is 9.91 Å². The average Bonchev–Trinajstić information content (AvgIpc) is 2.28. The van der Waals surface area contributed by atoms with Gasteiger partial charge in [0.1, 0.15) is 11.6 Å². The summed E-state index contributed by atoms with van der Waals surface area (Å²) in [5.74, 6) is 0.670. The molecule has 1 aromatic heterocycles. The summed E-state index contributed by atoms with van der Waals surface area (Å²) in [5.41, 5.74) is 5.32. The molecule has 7 heteroatoms. The number of nitrogens with zero attached hydrogens (tertiary/aromatic N) is 2. The van der Waals surface area contributed by atoms with E-state index in [-0.39, 0.29) is 17.3 Å². The summed E-state index contributed by atoms with van der Waals surface area (Å²) in [6.07, 6.45) is 1.45. The number of aromatic nitrogens is 1. The number of nitro groups is 1. The molecule has 0 aliphatic rings. The fourth-order valence-electron chi connectivity index (χ4n) is 1.34. The Morgan fingerprint density at radius 1 is 1.33 bits per heavy atom. The molecule has 6 nitrogen and oxygen atoms in total. The lowest BCUT2D eigenvalue weighted by Crippen LogP contribution is -1.95. The maximum atomic E-state index is 10.8. The molecule has 0 saturated heterocycles. The molecule has 0 atom stereocenters. The van der Waals surface area contributed by atoms with Crippen molar-refractivity contribution in [2.45, 2.75) is 0 Å². The standard InChI is InChI=1S/C11H8ClN3O3/c12-7-1-2-9(15(16)17)10(5-7)18-8-3-4-14-11(13)6-8/h1-6H,(H2,13,14). The van der Waals surface area contributed by atoms with Crippen LogP contribution in [0.1, 0.15) is 0 Å². The summed E-state index contributed by atoms with van der Waals surface area (Å²) in [4.78, 5) is 14.1. The van der Waals surface area contributed by atoms with Crippen molar-refractivity contribution >= 4 is 23.1 Å². The van der Waals surface area contributed by atoms with Gasteiger partial charge in [0.05, 0.1) is 4.92 Å². The van der Waals surface area contributed by atoms with E-state index in [1.54, 1.807) is 6.07 Å². The van der Waals surface area contributed by atoms with E-state index in [9.17, 15) is 10.1 Å². The molecule has 18 heavy (non-hydrogen) atoms. The van der Waals surface area contributed by atoms with E-state index >= 15 is 0 Å². The molecule has 1 aromatic carbocycles. The van der Waals surface area contributed by atoms with Crippen LogP contribution in [0, 0.1) is 10.1 Å². The number of anilines is 1. The first-order valence-electron chi connectivity index (χ1n) is 4.89. The maximum absolute atomic E-state index is 10.8. The first kappa shape index (κ1) is 12.1. The van der Waals surface area contributed by atoms with Gasteiger partial charge in [-0.05, 0) is 12.1 Å². The van der Waals surface area contributed by atoms with Gasteiger partial charge in [-0.25, -0.2) is 4.98 Å². The average molecular weight is 266 g/mol. The van der Waals surface area contributed by atoms with Gasteiger partial charge in [0.15, 0.2) is 0 Å². The van der Waals surface area contributed by atoms with E-state index in [0.29, 0.717) is 10.8 Å². The molecule has 0 amide bonds. The van der Waals surface area contributed by atoms with Gasteiger partial charge in [0.2, 0.25) is 5.75 Å².